The van der Waals surface area contributed by atoms with Crippen molar-refractivity contribution in [2.24, 2.45) is 16.6 Å². The molecule has 3 N–H and O–H groups in total. The highest BCUT2D eigenvalue weighted by molar-refractivity contribution is 5.80. The fourth-order valence-corrected chi connectivity index (χ4v) is 2.91. The maximum atomic E-state index is 11.2. The molecule has 0 bridgehead atoms. The molecular formula is C10H18N2O2. The van der Waals surface area contributed by atoms with Crippen LogP contribution in [0.25, 0.3) is 0 Å². The van der Waals surface area contributed by atoms with Crippen molar-refractivity contribution in [1.82, 2.24) is 4.90 Å². The van der Waals surface area contributed by atoms with Crippen LogP contribution in [0.15, 0.2) is 0 Å². The molecule has 1 aliphatic carbocycles. The van der Waals surface area contributed by atoms with E-state index in [9.17, 15) is 9.90 Å². The van der Waals surface area contributed by atoms with Gasteiger partial charge in [-0.05, 0) is 44.8 Å². The molecule has 0 aromatic heterocycles. The third kappa shape index (κ3) is 1.10. The zero-order chi connectivity index (χ0) is 10.4. The van der Waals surface area contributed by atoms with Crippen LogP contribution in [0, 0.1) is 10.8 Å². The van der Waals surface area contributed by atoms with Crippen LogP contribution >= 0.6 is 0 Å². The van der Waals surface area contributed by atoms with Crippen LogP contribution in [0.1, 0.15) is 19.3 Å². The lowest BCUT2D eigenvalue weighted by atomic mass is 9.84. The normalized spacial score (nSPS) is 35.9. The molecule has 2 fully saturated rings. The maximum Gasteiger partial charge on any atom is 0.311 e. The molecule has 1 aliphatic heterocycles. The van der Waals surface area contributed by atoms with Gasteiger partial charge >= 0.3 is 5.97 Å². The van der Waals surface area contributed by atoms with Crippen molar-refractivity contribution in [3.63, 3.8) is 0 Å². The standard InChI is InChI=1S/C10H18N2O2/c1-12-4-2-9(3-5-12)6-10(9,7-11)8(13)14/h2-7,11H2,1H3,(H,13,14). The number of carboxylic acids is 1. The number of carbonyl (C=O) groups is 1. The van der Waals surface area contributed by atoms with Gasteiger partial charge in [-0.1, -0.05) is 0 Å². The summed E-state index contributed by atoms with van der Waals surface area (Å²) in [4.78, 5) is 13.4. The number of piperidine rings is 1. The molecule has 4 heteroatoms. The third-order valence-electron chi connectivity index (χ3n) is 4.23. The van der Waals surface area contributed by atoms with Gasteiger partial charge in [-0.15, -0.1) is 0 Å². The van der Waals surface area contributed by atoms with Crippen LogP contribution in [-0.4, -0.2) is 42.7 Å². The van der Waals surface area contributed by atoms with E-state index >= 15 is 0 Å². The van der Waals surface area contributed by atoms with Gasteiger partial charge in [-0.25, -0.2) is 0 Å². The Labute approximate surface area is 84.1 Å². The van der Waals surface area contributed by atoms with Crippen LogP contribution in [0.5, 0.6) is 0 Å². The SMILES string of the molecule is CN1CCC2(CC1)CC2(CN)C(=O)O. The largest absolute Gasteiger partial charge is 0.481 e. The molecule has 1 heterocycles. The first-order chi connectivity index (χ1) is 6.56. The van der Waals surface area contributed by atoms with E-state index in [2.05, 4.69) is 11.9 Å². The smallest absolute Gasteiger partial charge is 0.311 e. The fourth-order valence-electron chi connectivity index (χ4n) is 2.91. The van der Waals surface area contributed by atoms with Gasteiger partial charge in [-0.3, -0.25) is 4.79 Å². The summed E-state index contributed by atoms with van der Waals surface area (Å²) in [5.74, 6) is -0.690. The van der Waals surface area contributed by atoms with Crippen molar-refractivity contribution in [3.8, 4) is 0 Å². The highest BCUT2D eigenvalue weighted by atomic mass is 16.4. The minimum Gasteiger partial charge on any atom is -0.481 e. The van der Waals surface area contributed by atoms with E-state index < -0.39 is 11.4 Å². The number of aliphatic carboxylic acids is 1. The highest BCUT2D eigenvalue weighted by Crippen LogP contribution is 2.68. The number of nitrogens with two attached hydrogens (primary N) is 1. The second kappa shape index (κ2) is 2.94. The summed E-state index contributed by atoms with van der Waals surface area (Å²) >= 11 is 0. The topological polar surface area (TPSA) is 66.6 Å². The van der Waals surface area contributed by atoms with E-state index in [1.165, 1.54) is 0 Å². The van der Waals surface area contributed by atoms with E-state index in [1.54, 1.807) is 0 Å². The predicted octanol–water partition coefficient (Wildman–Crippen LogP) is 0.132. The molecule has 1 saturated heterocycles. The fraction of sp³-hybridized carbons (Fsp3) is 0.900. The van der Waals surface area contributed by atoms with Gasteiger partial charge in [0, 0.05) is 6.54 Å². The van der Waals surface area contributed by atoms with Crippen LogP contribution in [0.3, 0.4) is 0 Å². The van der Waals surface area contributed by atoms with Gasteiger partial charge in [0.1, 0.15) is 0 Å². The molecule has 80 valence electrons. The summed E-state index contributed by atoms with van der Waals surface area (Å²) in [6.45, 7) is 2.32. The molecule has 0 radical (unpaired) electrons. The summed E-state index contributed by atoms with van der Waals surface area (Å²) in [5.41, 5.74) is 5.05. The molecule has 0 amide bonds. The van der Waals surface area contributed by atoms with Gasteiger partial charge < -0.3 is 15.7 Å². The van der Waals surface area contributed by atoms with Gasteiger partial charge in [0.05, 0.1) is 5.41 Å². The summed E-state index contributed by atoms with van der Waals surface area (Å²) in [7, 11) is 2.08. The van der Waals surface area contributed by atoms with Gasteiger partial charge in [0.2, 0.25) is 0 Å². The van der Waals surface area contributed by atoms with Crippen molar-refractivity contribution in [1.29, 1.82) is 0 Å². The maximum absolute atomic E-state index is 11.2. The zero-order valence-corrected chi connectivity index (χ0v) is 8.62. The lowest BCUT2D eigenvalue weighted by Crippen LogP contribution is -2.38. The van der Waals surface area contributed by atoms with Gasteiger partial charge in [-0.2, -0.15) is 0 Å². The Hall–Kier alpha value is -0.610. The van der Waals surface area contributed by atoms with Crippen LogP contribution in [0.2, 0.25) is 0 Å². The van der Waals surface area contributed by atoms with E-state index in [1.807, 2.05) is 0 Å². The molecule has 2 rings (SSSR count). The lowest BCUT2D eigenvalue weighted by Gasteiger charge is -2.32. The molecule has 0 aromatic rings. The van der Waals surface area contributed by atoms with Crippen LogP contribution in [0.4, 0.5) is 0 Å². The summed E-state index contributed by atoms with van der Waals surface area (Å²) in [6, 6.07) is 0. The monoisotopic (exact) mass is 198 g/mol. The molecule has 14 heavy (non-hydrogen) atoms. The third-order valence-corrected chi connectivity index (χ3v) is 4.23. The van der Waals surface area contributed by atoms with Crippen molar-refractivity contribution < 1.29 is 9.90 Å². The number of rotatable bonds is 2. The van der Waals surface area contributed by atoms with Crippen LogP contribution in [-0.2, 0) is 4.79 Å². The van der Waals surface area contributed by atoms with Crippen LogP contribution < -0.4 is 5.73 Å². The number of nitrogens with zero attached hydrogens (tertiary/aromatic N) is 1. The Morgan fingerprint density at radius 3 is 2.43 bits per heavy atom. The average Bonchev–Trinajstić information content (AvgIpc) is 2.81. The van der Waals surface area contributed by atoms with E-state index in [0.29, 0.717) is 6.54 Å². The Morgan fingerprint density at radius 2 is 2.07 bits per heavy atom. The molecular weight excluding hydrogens is 180 g/mol. The first-order valence-corrected chi connectivity index (χ1v) is 5.18. The quantitative estimate of drug-likeness (QED) is 0.662. The number of carboxylic acid groups (broad SMARTS) is 1. The molecule has 1 spiro atoms. The molecule has 2 aliphatic rings. The van der Waals surface area contributed by atoms with Gasteiger partial charge in [0.25, 0.3) is 0 Å². The first kappa shape index (κ1) is 9.93. The number of hydrogen-bond donors (Lipinski definition) is 2. The molecule has 4 nitrogen and oxygen atoms in total. The molecule has 1 atom stereocenters. The predicted molar refractivity (Wildman–Crippen MR) is 52.9 cm³/mol. The Bertz CT molecular complexity index is 259. The first-order valence-electron chi connectivity index (χ1n) is 5.18. The minimum atomic E-state index is -0.690. The van der Waals surface area contributed by atoms with E-state index in [4.69, 9.17) is 5.73 Å². The van der Waals surface area contributed by atoms with Gasteiger partial charge in [0.15, 0.2) is 0 Å². The van der Waals surface area contributed by atoms with Crippen molar-refractivity contribution in [2.45, 2.75) is 19.3 Å². The van der Waals surface area contributed by atoms with Crippen molar-refractivity contribution in [3.05, 3.63) is 0 Å². The molecule has 0 aromatic carbocycles. The van der Waals surface area contributed by atoms with Crippen molar-refractivity contribution >= 4 is 5.97 Å². The molecule has 1 unspecified atom stereocenters. The number of hydrogen-bond acceptors (Lipinski definition) is 3. The Kier molecular flexibility index (Phi) is 2.08. The second-order valence-electron chi connectivity index (χ2n) is 4.85. The Balaban J connectivity index is 2.11. The lowest BCUT2D eigenvalue weighted by molar-refractivity contribution is -0.145. The van der Waals surface area contributed by atoms with E-state index in [-0.39, 0.29) is 5.41 Å². The minimum absolute atomic E-state index is 0.0279. The van der Waals surface area contributed by atoms with E-state index in [0.717, 1.165) is 32.4 Å². The highest BCUT2D eigenvalue weighted by Gasteiger charge is 2.70. The second-order valence-corrected chi connectivity index (χ2v) is 4.85. The summed E-state index contributed by atoms with van der Waals surface area (Å²) < 4.78 is 0. The number of likely N-dealkylation sites (tertiary alicyclic amines) is 1. The zero-order valence-electron chi connectivity index (χ0n) is 8.62. The summed E-state index contributed by atoms with van der Waals surface area (Å²) in [6.07, 6.45) is 2.78. The molecule has 1 saturated carbocycles. The average molecular weight is 198 g/mol. The summed E-state index contributed by atoms with van der Waals surface area (Å²) in [5, 5.41) is 9.19. The Morgan fingerprint density at radius 1 is 1.50 bits per heavy atom. The van der Waals surface area contributed by atoms with Crippen molar-refractivity contribution in [2.75, 3.05) is 26.7 Å².